The lowest BCUT2D eigenvalue weighted by molar-refractivity contribution is 0.422. The Morgan fingerprint density at radius 2 is 2.15 bits per heavy atom. The second-order valence-corrected chi connectivity index (χ2v) is 5.46. The Kier molecular flexibility index (Phi) is 4.11. The van der Waals surface area contributed by atoms with E-state index >= 15 is 0 Å². The van der Waals surface area contributed by atoms with Crippen LogP contribution in [0.3, 0.4) is 0 Å². The Morgan fingerprint density at radius 1 is 1.30 bits per heavy atom. The second kappa shape index (κ2) is 6.18. The number of rotatable bonds is 4. The Morgan fingerprint density at radius 3 is 3.00 bits per heavy atom. The first kappa shape index (κ1) is 13.3. The number of hydrogen-bond donors (Lipinski definition) is 1. The molecule has 1 aromatic carbocycles. The van der Waals surface area contributed by atoms with E-state index in [-0.39, 0.29) is 0 Å². The highest BCUT2D eigenvalue weighted by molar-refractivity contribution is 5.75. The largest absolute Gasteiger partial charge is 0.354 e. The molecular formula is C16H22N4. The Bertz CT molecular complexity index is 569. The summed E-state index contributed by atoms with van der Waals surface area (Å²) >= 11 is 0. The van der Waals surface area contributed by atoms with Crippen molar-refractivity contribution in [2.45, 2.75) is 32.2 Å². The van der Waals surface area contributed by atoms with Crippen molar-refractivity contribution in [3.8, 4) is 0 Å². The topological polar surface area (TPSA) is 41.0 Å². The van der Waals surface area contributed by atoms with E-state index < -0.39 is 0 Å². The Balaban J connectivity index is 1.76. The zero-order chi connectivity index (χ0) is 13.8. The lowest BCUT2D eigenvalue weighted by atomic mass is 10.1. The first-order valence-corrected chi connectivity index (χ1v) is 7.57. The number of para-hydroxylation sites is 2. The van der Waals surface area contributed by atoms with E-state index in [1.54, 1.807) is 0 Å². The van der Waals surface area contributed by atoms with E-state index in [0.29, 0.717) is 6.04 Å². The molecule has 2 heterocycles. The van der Waals surface area contributed by atoms with Gasteiger partial charge in [-0.1, -0.05) is 19.1 Å². The molecule has 0 amide bonds. The van der Waals surface area contributed by atoms with Gasteiger partial charge in [-0.3, -0.25) is 4.98 Å². The van der Waals surface area contributed by atoms with Crippen molar-refractivity contribution in [1.82, 2.24) is 15.3 Å². The van der Waals surface area contributed by atoms with E-state index in [9.17, 15) is 0 Å². The molecule has 0 saturated carbocycles. The van der Waals surface area contributed by atoms with Crippen molar-refractivity contribution in [1.29, 1.82) is 0 Å². The van der Waals surface area contributed by atoms with Gasteiger partial charge in [0.2, 0.25) is 0 Å². The number of nitrogens with one attached hydrogen (secondary N) is 1. The molecule has 2 aromatic rings. The smallest absolute Gasteiger partial charge is 0.147 e. The highest BCUT2D eigenvalue weighted by Crippen LogP contribution is 2.19. The summed E-state index contributed by atoms with van der Waals surface area (Å²) in [7, 11) is 0. The maximum absolute atomic E-state index is 4.75. The summed E-state index contributed by atoms with van der Waals surface area (Å²) in [5.41, 5.74) is 1.95. The maximum atomic E-state index is 4.75. The van der Waals surface area contributed by atoms with Crippen molar-refractivity contribution in [3.63, 3.8) is 0 Å². The summed E-state index contributed by atoms with van der Waals surface area (Å²) < 4.78 is 0. The zero-order valence-electron chi connectivity index (χ0n) is 12.0. The second-order valence-electron chi connectivity index (χ2n) is 5.46. The minimum Gasteiger partial charge on any atom is -0.354 e. The van der Waals surface area contributed by atoms with Crippen LogP contribution in [0.5, 0.6) is 0 Å². The van der Waals surface area contributed by atoms with Gasteiger partial charge < -0.3 is 10.2 Å². The summed E-state index contributed by atoms with van der Waals surface area (Å²) in [5, 5.41) is 3.62. The zero-order valence-corrected chi connectivity index (χ0v) is 12.0. The maximum Gasteiger partial charge on any atom is 0.147 e. The third kappa shape index (κ3) is 2.90. The Hall–Kier alpha value is -1.68. The minimum atomic E-state index is 0.581. The van der Waals surface area contributed by atoms with Crippen LogP contribution in [-0.4, -0.2) is 35.6 Å². The molecule has 4 nitrogen and oxygen atoms in total. The van der Waals surface area contributed by atoms with Crippen LogP contribution in [0.1, 0.15) is 26.2 Å². The van der Waals surface area contributed by atoms with E-state index in [4.69, 9.17) is 4.98 Å². The monoisotopic (exact) mass is 270 g/mol. The van der Waals surface area contributed by atoms with Gasteiger partial charge >= 0.3 is 0 Å². The fourth-order valence-corrected chi connectivity index (χ4v) is 2.80. The van der Waals surface area contributed by atoms with Crippen molar-refractivity contribution in [3.05, 3.63) is 30.5 Å². The molecule has 1 N–H and O–H groups in total. The van der Waals surface area contributed by atoms with Crippen molar-refractivity contribution >= 4 is 16.9 Å². The molecule has 0 bridgehead atoms. The summed E-state index contributed by atoms with van der Waals surface area (Å²) in [6.45, 7) is 5.43. The van der Waals surface area contributed by atoms with Crippen LogP contribution in [0.2, 0.25) is 0 Å². The molecule has 0 spiro atoms. The van der Waals surface area contributed by atoms with Gasteiger partial charge in [0, 0.05) is 19.1 Å². The molecule has 1 aromatic heterocycles. The molecule has 4 heteroatoms. The third-order valence-corrected chi connectivity index (χ3v) is 3.86. The number of aromatic nitrogens is 2. The van der Waals surface area contributed by atoms with Crippen LogP contribution < -0.4 is 10.2 Å². The number of benzene rings is 1. The molecule has 0 aliphatic carbocycles. The molecule has 20 heavy (non-hydrogen) atoms. The van der Waals surface area contributed by atoms with Gasteiger partial charge in [-0.15, -0.1) is 0 Å². The highest BCUT2D eigenvalue weighted by Gasteiger charge is 2.20. The Labute approximate surface area is 120 Å². The minimum absolute atomic E-state index is 0.581. The third-order valence-electron chi connectivity index (χ3n) is 3.86. The molecule has 1 fully saturated rings. The first-order valence-electron chi connectivity index (χ1n) is 7.57. The predicted octanol–water partition coefficient (Wildman–Crippen LogP) is 2.60. The number of anilines is 1. The van der Waals surface area contributed by atoms with E-state index in [1.165, 1.54) is 19.3 Å². The quantitative estimate of drug-likeness (QED) is 0.927. The van der Waals surface area contributed by atoms with Crippen LogP contribution in [0, 0.1) is 0 Å². The molecule has 106 valence electrons. The summed E-state index contributed by atoms with van der Waals surface area (Å²) in [5.74, 6) is 1.01. The normalized spacial score (nSPS) is 19.4. The van der Waals surface area contributed by atoms with Gasteiger partial charge in [-0.2, -0.15) is 0 Å². The lowest BCUT2D eigenvalue weighted by Crippen LogP contribution is -2.46. The molecule has 1 unspecified atom stereocenters. The molecule has 1 saturated heterocycles. The van der Waals surface area contributed by atoms with Crippen molar-refractivity contribution < 1.29 is 0 Å². The van der Waals surface area contributed by atoms with E-state index in [2.05, 4.69) is 22.1 Å². The molecule has 1 aliphatic heterocycles. The van der Waals surface area contributed by atoms with Gasteiger partial charge in [0.05, 0.1) is 17.2 Å². The van der Waals surface area contributed by atoms with Gasteiger partial charge in [0.1, 0.15) is 5.82 Å². The standard InChI is InChI=1S/C16H22N4/c1-2-9-17-13-6-5-10-20(12-13)16-11-18-14-7-3-4-8-15(14)19-16/h3-4,7-8,11,13,17H,2,5-6,9-10,12H2,1H3. The van der Waals surface area contributed by atoms with Crippen molar-refractivity contribution in [2.75, 3.05) is 24.5 Å². The summed E-state index contributed by atoms with van der Waals surface area (Å²) in [6.07, 6.45) is 5.57. The van der Waals surface area contributed by atoms with Gasteiger partial charge in [0.25, 0.3) is 0 Å². The number of fused-ring (bicyclic) bond motifs is 1. The number of hydrogen-bond acceptors (Lipinski definition) is 4. The van der Waals surface area contributed by atoms with Crippen LogP contribution in [0.4, 0.5) is 5.82 Å². The lowest BCUT2D eigenvalue weighted by Gasteiger charge is -2.34. The fourth-order valence-electron chi connectivity index (χ4n) is 2.80. The van der Waals surface area contributed by atoms with Crippen LogP contribution in [0.25, 0.3) is 11.0 Å². The fraction of sp³-hybridized carbons (Fsp3) is 0.500. The van der Waals surface area contributed by atoms with Gasteiger partial charge in [-0.05, 0) is 37.9 Å². The van der Waals surface area contributed by atoms with Crippen LogP contribution in [0.15, 0.2) is 30.5 Å². The molecule has 3 rings (SSSR count). The SMILES string of the molecule is CCCNC1CCCN(c2cnc3ccccc3n2)C1. The molecule has 1 aliphatic rings. The van der Waals surface area contributed by atoms with Crippen LogP contribution in [-0.2, 0) is 0 Å². The molecule has 0 radical (unpaired) electrons. The molecule has 1 atom stereocenters. The van der Waals surface area contributed by atoms with E-state index in [1.807, 2.05) is 30.5 Å². The first-order chi connectivity index (χ1) is 9.86. The highest BCUT2D eigenvalue weighted by atomic mass is 15.2. The van der Waals surface area contributed by atoms with Gasteiger partial charge in [-0.25, -0.2) is 4.98 Å². The average molecular weight is 270 g/mol. The summed E-state index contributed by atoms with van der Waals surface area (Å²) in [4.78, 5) is 11.6. The average Bonchev–Trinajstić information content (AvgIpc) is 2.53. The van der Waals surface area contributed by atoms with E-state index in [0.717, 1.165) is 36.5 Å². The molecular weight excluding hydrogens is 248 g/mol. The van der Waals surface area contributed by atoms with Crippen LogP contribution >= 0.6 is 0 Å². The predicted molar refractivity (Wildman–Crippen MR) is 83.1 cm³/mol. The van der Waals surface area contributed by atoms with Gasteiger partial charge in [0.15, 0.2) is 0 Å². The number of nitrogens with zero attached hydrogens (tertiary/aromatic N) is 3. The van der Waals surface area contributed by atoms with Crippen molar-refractivity contribution in [2.24, 2.45) is 0 Å². The summed E-state index contributed by atoms with van der Waals surface area (Å²) in [6, 6.07) is 8.64. The number of piperidine rings is 1.